The summed E-state index contributed by atoms with van der Waals surface area (Å²) in [6, 6.07) is 0. The minimum atomic E-state index is -0.422. The van der Waals surface area contributed by atoms with E-state index in [1.165, 1.54) is 22.2 Å². The van der Waals surface area contributed by atoms with E-state index in [0.717, 1.165) is 11.3 Å². The van der Waals surface area contributed by atoms with Crippen molar-refractivity contribution < 1.29 is 14.1 Å². The number of hydrogen-bond acceptors (Lipinski definition) is 7. The number of carbonyl (C=O) groups is 1. The molecule has 3 aromatic heterocycles. The lowest BCUT2D eigenvalue weighted by Crippen LogP contribution is -2.21. The summed E-state index contributed by atoms with van der Waals surface area (Å²) in [6.07, 6.45) is 1.49. The topological polar surface area (TPSA) is 87.2 Å². The molecule has 0 atom stereocenters. The highest BCUT2D eigenvalue weighted by atomic mass is 32.1. The van der Waals surface area contributed by atoms with Crippen molar-refractivity contribution in [1.82, 2.24) is 14.7 Å². The number of esters is 1. The van der Waals surface area contributed by atoms with Crippen LogP contribution in [0, 0.1) is 20.8 Å². The van der Waals surface area contributed by atoms with Gasteiger partial charge in [-0.2, -0.15) is 0 Å². The van der Waals surface area contributed by atoms with Crippen LogP contribution in [-0.2, 0) is 11.3 Å². The molecule has 3 rings (SSSR count). The fraction of sp³-hybridized carbons (Fsp3) is 0.375. The first-order chi connectivity index (χ1) is 11.4. The molecule has 7 nitrogen and oxygen atoms in total. The molecule has 0 bridgehead atoms. The Morgan fingerprint density at radius 2 is 2.12 bits per heavy atom. The molecule has 0 amide bonds. The highest BCUT2D eigenvalue weighted by Crippen LogP contribution is 2.27. The zero-order chi connectivity index (χ0) is 17.4. The van der Waals surface area contributed by atoms with E-state index in [4.69, 9.17) is 9.26 Å². The summed E-state index contributed by atoms with van der Waals surface area (Å²) in [5.74, 6) is 0.253. The molecule has 0 aliphatic heterocycles. The number of thiophene rings is 1. The van der Waals surface area contributed by atoms with Gasteiger partial charge in [0.25, 0.3) is 5.56 Å². The van der Waals surface area contributed by atoms with Gasteiger partial charge in [0, 0.05) is 5.56 Å². The van der Waals surface area contributed by atoms with Crippen LogP contribution in [-0.4, -0.2) is 27.3 Å². The van der Waals surface area contributed by atoms with Crippen LogP contribution in [0.5, 0.6) is 0 Å². The van der Waals surface area contributed by atoms with E-state index in [1.807, 2.05) is 6.92 Å². The van der Waals surface area contributed by atoms with Crippen molar-refractivity contribution in [2.24, 2.45) is 0 Å². The van der Waals surface area contributed by atoms with Gasteiger partial charge < -0.3 is 9.26 Å². The maximum Gasteiger partial charge on any atom is 0.348 e. The SMILES string of the molecule is CCOC(=O)c1sc2ncn(Cc3c(C)noc3C)c(=O)c2c1C. The Bertz CT molecular complexity index is 964. The molecular formula is C16H17N3O4S. The van der Waals surface area contributed by atoms with Crippen molar-refractivity contribution in [1.29, 1.82) is 0 Å². The average Bonchev–Trinajstić information content (AvgIpc) is 3.04. The molecule has 0 aliphatic rings. The number of rotatable bonds is 4. The van der Waals surface area contributed by atoms with Crippen molar-refractivity contribution in [2.75, 3.05) is 6.61 Å². The van der Waals surface area contributed by atoms with Gasteiger partial charge in [-0.05, 0) is 33.3 Å². The Labute approximate surface area is 141 Å². The molecule has 3 aromatic rings. The highest BCUT2D eigenvalue weighted by molar-refractivity contribution is 7.20. The summed E-state index contributed by atoms with van der Waals surface area (Å²) in [5, 5.41) is 4.36. The van der Waals surface area contributed by atoms with Crippen molar-refractivity contribution in [3.63, 3.8) is 0 Å². The summed E-state index contributed by atoms with van der Waals surface area (Å²) in [6.45, 7) is 7.74. The van der Waals surface area contributed by atoms with E-state index >= 15 is 0 Å². The summed E-state index contributed by atoms with van der Waals surface area (Å²) in [4.78, 5) is 30.1. The molecule has 0 spiro atoms. The van der Waals surface area contributed by atoms with Gasteiger partial charge in [0.15, 0.2) is 0 Å². The standard InChI is InChI=1S/C16H17N3O4S/c1-5-22-16(21)13-8(2)12-14(24-13)17-7-19(15(12)20)6-11-9(3)18-23-10(11)4/h7H,5-6H2,1-4H3. The zero-order valence-electron chi connectivity index (χ0n) is 13.9. The normalized spacial score (nSPS) is 11.2. The molecule has 0 N–H and O–H groups in total. The predicted octanol–water partition coefficient (Wildman–Crippen LogP) is 2.60. The quantitative estimate of drug-likeness (QED) is 0.674. The molecular weight excluding hydrogens is 330 g/mol. The number of nitrogens with zero attached hydrogens (tertiary/aromatic N) is 3. The van der Waals surface area contributed by atoms with E-state index in [0.29, 0.717) is 33.0 Å². The van der Waals surface area contributed by atoms with Gasteiger partial charge in [0.2, 0.25) is 0 Å². The summed E-state index contributed by atoms with van der Waals surface area (Å²) in [7, 11) is 0. The van der Waals surface area contributed by atoms with Gasteiger partial charge in [-0.25, -0.2) is 9.78 Å². The molecule has 0 radical (unpaired) electrons. The largest absolute Gasteiger partial charge is 0.462 e. The van der Waals surface area contributed by atoms with Crippen molar-refractivity contribution >= 4 is 27.5 Å². The molecule has 0 aliphatic carbocycles. The van der Waals surface area contributed by atoms with Crippen LogP contribution in [0.15, 0.2) is 15.6 Å². The summed E-state index contributed by atoms with van der Waals surface area (Å²) < 4.78 is 11.7. The lowest BCUT2D eigenvalue weighted by Gasteiger charge is -2.05. The fourth-order valence-electron chi connectivity index (χ4n) is 2.56. The fourth-order valence-corrected chi connectivity index (χ4v) is 3.59. The minimum Gasteiger partial charge on any atom is -0.462 e. The smallest absolute Gasteiger partial charge is 0.348 e. The van der Waals surface area contributed by atoms with Gasteiger partial charge in [-0.3, -0.25) is 9.36 Å². The van der Waals surface area contributed by atoms with Gasteiger partial charge in [0.1, 0.15) is 15.5 Å². The number of hydrogen-bond donors (Lipinski definition) is 0. The summed E-state index contributed by atoms with van der Waals surface area (Å²) >= 11 is 1.18. The van der Waals surface area contributed by atoms with Gasteiger partial charge in [0.05, 0.1) is 30.6 Å². The van der Waals surface area contributed by atoms with Crippen LogP contribution in [0.2, 0.25) is 0 Å². The van der Waals surface area contributed by atoms with Gasteiger partial charge in [-0.15, -0.1) is 11.3 Å². The Balaban J connectivity index is 2.10. The molecule has 0 fully saturated rings. The molecule has 126 valence electrons. The number of aryl methyl sites for hydroxylation is 3. The van der Waals surface area contributed by atoms with Crippen molar-refractivity contribution in [2.45, 2.75) is 34.2 Å². The third-order valence-electron chi connectivity index (χ3n) is 3.89. The number of carbonyl (C=O) groups excluding carboxylic acids is 1. The molecule has 0 saturated heterocycles. The van der Waals surface area contributed by atoms with E-state index in [2.05, 4.69) is 10.1 Å². The van der Waals surface area contributed by atoms with Crippen LogP contribution in [0.4, 0.5) is 0 Å². The Hall–Kier alpha value is -2.48. The van der Waals surface area contributed by atoms with E-state index in [1.54, 1.807) is 20.8 Å². The first-order valence-corrected chi connectivity index (χ1v) is 8.33. The van der Waals surface area contributed by atoms with Gasteiger partial charge in [-0.1, -0.05) is 5.16 Å². The second-order valence-electron chi connectivity index (χ2n) is 5.44. The molecule has 0 unspecified atom stereocenters. The van der Waals surface area contributed by atoms with Crippen LogP contribution in [0.3, 0.4) is 0 Å². The van der Waals surface area contributed by atoms with E-state index in [9.17, 15) is 9.59 Å². The van der Waals surface area contributed by atoms with Crippen LogP contribution >= 0.6 is 11.3 Å². The van der Waals surface area contributed by atoms with Crippen LogP contribution in [0.25, 0.3) is 10.2 Å². The second-order valence-corrected chi connectivity index (χ2v) is 6.44. The lowest BCUT2D eigenvalue weighted by atomic mass is 10.2. The van der Waals surface area contributed by atoms with Crippen molar-refractivity contribution in [3.8, 4) is 0 Å². The lowest BCUT2D eigenvalue weighted by molar-refractivity contribution is 0.0531. The molecule has 0 aromatic carbocycles. The van der Waals surface area contributed by atoms with E-state index in [-0.39, 0.29) is 12.2 Å². The number of ether oxygens (including phenoxy) is 1. The molecule has 8 heteroatoms. The first-order valence-electron chi connectivity index (χ1n) is 7.51. The third-order valence-corrected chi connectivity index (χ3v) is 5.07. The average molecular weight is 347 g/mol. The zero-order valence-corrected chi connectivity index (χ0v) is 14.7. The van der Waals surface area contributed by atoms with Crippen LogP contribution in [0.1, 0.15) is 39.2 Å². The maximum atomic E-state index is 12.8. The second kappa shape index (κ2) is 6.20. The molecule has 0 saturated carbocycles. The summed E-state index contributed by atoms with van der Waals surface area (Å²) in [5.41, 5.74) is 2.02. The molecule has 3 heterocycles. The monoisotopic (exact) mass is 347 g/mol. The Kier molecular flexibility index (Phi) is 4.23. The maximum absolute atomic E-state index is 12.8. The Morgan fingerprint density at radius 3 is 2.75 bits per heavy atom. The highest BCUT2D eigenvalue weighted by Gasteiger charge is 2.21. The number of fused-ring (bicyclic) bond motifs is 1. The number of aromatic nitrogens is 3. The molecule has 24 heavy (non-hydrogen) atoms. The predicted molar refractivity (Wildman–Crippen MR) is 89.7 cm³/mol. The van der Waals surface area contributed by atoms with Crippen LogP contribution < -0.4 is 5.56 Å². The first kappa shape index (κ1) is 16.4. The Morgan fingerprint density at radius 1 is 1.38 bits per heavy atom. The third kappa shape index (κ3) is 2.62. The van der Waals surface area contributed by atoms with E-state index < -0.39 is 5.97 Å². The van der Waals surface area contributed by atoms with Crippen molar-refractivity contribution in [3.05, 3.63) is 44.1 Å². The minimum absolute atomic E-state index is 0.190. The van der Waals surface area contributed by atoms with Gasteiger partial charge >= 0.3 is 5.97 Å².